The number of rotatable bonds is 39. The quantitative estimate of drug-likeness (QED) is 0.0272. The van der Waals surface area contributed by atoms with Crippen molar-refractivity contribution in [2.75, 3.05) is 13.2 Å². The summed E-state index contributed by atoms with van der Waals surface area (Å²) in [4.78, 5) is 37.4. The molecule has 1 unspecified atom stereocenters. The normalized spacial score (nSPS) is 12.1. The van der Waals surface area contributed by atoms with E-state index in [1.165, 1.54) is 109 Å². The van der Waals surface area contributed by atoms with Crippen molar-refractivity contribution in [1.29, 1.82) is 0 Å². The topological polar surface area (TPSA) is 78.9 Å². The summed E-state index contributed by atoms with van der Waals surface area (Å²) in [6.45, 7) is 6.51. The molecule has 0 aromatic rings. The first-order valence-corrected chi connectivity index (χ1v) is 21.8. The van der Waals surface area contributed by atoms with E-state index in [2.05, 4.69) is 45.1 Å². The Morgan fingerprint density at radius 3 is 1.00 bits per heavy atom. The van der Waals surface area contributed by atoms with Gasteiger partial charge in [0, 0.05) is 19.3 Å². The molecule has 298 valence electrons. The van der Waals surface area contributed by atoms with Crippen molar-refractivity contribution in [1.82, 2.24) is 0 Å². The highest BCUT2D eigenvalue weighted by molar-refractivity contribution is 5.71. The molecule has 0 aliphatic heterocycles. The first kappa shape index (κ1) is 48.9. The number of unbranched alkanes of at least 4 members (excludes halogenated alkanes) is 24. The van der Waals surface area contributed by atoms with Crippen LogP contribution in [-0.4, -0.2) is 37.2 Å². The van der Waals surface area contributed by atoms with E-state index < -0.39 is 6.10 Å². The van der Waals surface area contributed by atoms with Crippen LogP contribution in [0.1, 0.15) is 226 Å². The lowest BCUT2D eigenvalue weighted by molar-refractivity contribution is -0.167. The third-order valence-electron chi connectivity index (χ3n) is 9.43. The molecule has 0 heterocycles. The number of carbonyl (C=O) groups is 3. The van der Waals surface area contributed by atoms with Gasteiger partial charge in [-0.3, -0.25) is 14.4 Å². The monoisotopic (exact) mass is 719 g/mol. The number of allylic oxidation sites excluding steroid dienone is 4. The minimum atomic E-state index is -0.770. The summed E-state index contributed by atoms with van der Waals surface area (Å²) < 4.78 is 16.6. The average molecular weight is 719 g/mol. The second kappa shape index (κ2) is 40.7. The molecular formula is C45H82O6. The molecule has 1 atom stereocenters. The van der Waals surface area contributed by atoms with Gasteiger partial charge >= 0.3 is 17.9 Å². The van der Waals surface area contributed by atoms with Crippen LogP contribution in [0.5, 0.6) is 0 Å². The molecular weight excluding hydrogens is 636 g/mol. The molecule has 0 N–H and O–H groups in total. The Bertz CT molecular complexity index is 835. The molecule has 0 saturated heterocycles. The molecule has 0 aromatic heterocycles. The predicted molar refractivity (Wildman–Crippen MR) is 215 cm³/mol. The molecule has 0 aromatic carbocycles. The van der Waals surface area contributed by atoms with Crippen LogP contribution in [0.3, 0.4) is 0 Å². The van der Waals surface area contributed by atoms with E-state index >= 15 is 0 Å². The van der Waals surface area contributed by atoms with Gasteiger partial charge in [0.25, 0.3) is 0 Å². The van der Waals surface area contributed by atoms with Gasteiger partial charge in [-0.25, -0.2) is 0 Å². The number of hydrogen-bond acceptors (Lipinski definition) is 6. The molecule has 6 nitrogen and oxygen atoms in total. The molecule has 0 spiro atoms. The number of ether oxygens (including phenoxy) is 3. The molecule has 6 heteroatoms. The summed E-state index contributed by atoms with van der Waals surface area (Å²) in [5.74, 6) is -0.907. The molecule has 0 aliphatic carbocycles. The lowest BCUT2D eigenvalue weighted by Crippen LogP contribution is -2.30. The summed E-state index contributed by atoms with van der Waals surface area (Å²) in [5, 5.41) is 0. The fourth-order valence-corrected chi connectivity index (χ4v) is 6.08. The molecule has 51 heavy (non-hydrogen) atoms. The second-order valence-corrected chi connectivity index (χ2v) is 14.6. The third kappa shape index (κ3) is 38.9. The summed E-state index contributed by atoms with van der Waals surface area (Å²) in [5.41, 5.74) is 0. The number of hydrogen-bond donors (Lipinski definition) is 0. The SMILES string of the molecule is CCCCCC/C=C\CCCCCCCC(=O)OC(COC(=O)CCCCCCC)COC(=O)CCCCCCC/C=C\CCCCCCCC. The van der Waals surface area contributed by atoms with E-state index in [-0.39, 0.29) is 31.1 Å². The number of carbonyl (C=O) groups excluding carboxylic acids is 3. The van der Waals surface area contributed by atoms with Gasteiger partial charge in [0.1, 0.15) is 13.2 Å². The summed E-state index contributed by atoms with van der Waals surface area (Å²) in [6, 6.07) is 0. The zero-order valence-corrected chi connectivity index (χ0v) is 33.9. The lowest BCUT2D eigenvalue weighted by Gasteiger charge is -2.18. The van der Waals surface area contributed by atoms with Crippen molar-refractivity contribution in [3.8, 4) is 0 Å². The van der Waals surface area contributed by atoms with E-state index in [0.29, 0.717) is 19.3 Å². The maximum absolute atomic E-state index is 12.6. The maximum atomic E-state index is 12.6. The van der Waals surface area contributed by atoms with Crippen molar-refractivity contribution < 1.29 is 28.6 Å². The molecule has 0 bridgehead atoms. The zero-order chi connectivity index (χ0) is 37.3. The van der Waals surface area contributed by atoms with Gasteiger partial charge in [0.05, 0.1) is 0 Å². The van der Waals surface area contributed by atoms with Crippen molar-refractivity contribution in [2.24, 2.45) is 0 Å². The molecule has 0 radical (unpaired) electrons. The highest BCUT2D eigenvalue weighted by atomic mass is 16.6. The molecule has 0 aliphatic rings. The van der Waals surface area contributed by atoms with Crippen LogP contribution in [0.25, 0.3) is 0 Å². The van der Waals surface area contributed by atoms with Crippen LogP contribution < -0.4 is 0 Å². The highest BCUT2D eigenvalue weighted by Gasteiger charge is 2.19. The first-order chi connectivity index (χ1) is 25.0. The first-order valence-electron chi connectivity index (χ1n) is 21.8. The summed E-state index contributed by atoms with van der Waals surface area (Å²) in [7, 11) is 0. The number of esters is 3. The van der Waals surface area contributed by atoms with Gasteiger partial charge in [-0.1, -0.05) is 161 Å². The standard InChI is InChI=1S/C45H82O6/c1-4-7-10-13-15-17-19-21-22-24-25-27-29-32-35-38-44(47)50-41-42(40-49-43(46)37-34-31-12-9-6-3)51-45(48)39-36-33-30-28-26-23-20-18-16-14-11-8-5-2/h18,20-22,42H,4-17,19,23-41H2,1-3H3/b20-18-,22-21-. The molecule has 0 rings (SSSR count). The van der Waals surface area contributed by atoms with Gasteiger partial charge in [0.2, 0.25) is 0 Å². The van der Waals surface area contributed by atoms with Crippen LogP contribution >= 0.6 is 0 Å². The van der Waals surface area contributed by atoms with Gasteiger partial charge in [-0.15, -0.1) is 0 Å². The Balaban J connectivity index is 4.25. The summed E-state index contributed by atoms with van der Waals surface area (Å²) >= 11 is 0. The van der Waals surface area contributed by atoms with Gasteiger partial charge in [0.15, 0.2) is 6.10 Å². The van der Waals surface area contributed by atoms with Crippen molar-refractivity contribution >= 4 is 17.9 Å². The van der Waals surface area contributed by atoms with Crippen LogP contribution in [0.2, 0.25) is 0 Å². The van der Waals surface area contributed by atoms with E-state index in [0.717, 1.165) is 77.0 Å². The Labute approximate surface area is 315 Å². The minimum Gasteiger partial charge on any atom is -0.462 e. The van der Waals surface area contributed by atoms with Crippen molar-refractivity contribution in [2.45, 2.75) is 232 Å². The van der Waals surface area contributed by atoms with Crippen molar-refractivity contribution in [3.05, 3.63) is 24.3 Å². The van der Waals surface area contributed by atoms with E-state index in [9.17, 15) is 14.4 Å². The molecule has 0 amide bonds. The van der Waals surface area contributed by atoms with Gasteiger partial charge < -0.3 is 14.2 Å². The van der Waals surface area contributed by atoms with E-state index in [4.69, 9.17) is 14.2 Å². The Morgan fingerprint density at radius 1 is 0.373 bits per heavy atom. The van der Waals surface area contributed by atoms with Crippen molar-refractivity contribution in [3.63, 3.8) is 0 Å². The maximum Gasteiger partial charge on any atom is 0.306 e. The predicted octanol–water partition coefficient (Wildman–Crippen LogP) is 13.6. The fraction of sp³-hybridized carbons (Fsp3) is 0.844. The van der Waals surface area contributed by atoms with Crippen LogP contribution in [0, 0.1) is 0 Å². The largest absolute Gasteiger partial charge is 0.462 e. The molecule has 0 saturated carbocycles. The van der Waals surface area contributed by atoms with Gasteiger partial charge in [-0.05, 0) is 70.6 Å². The highest BCUT2D eigenvalue weighted by Crippen LogP contribution is 2.13. The van der Waals surface area contributed by atoms with E-state index in [1.54, 1.807) is 0 Å². The van der Waals surface area contributed by atoms with E-state index in [1.807, 2.05) is 0 Å². The Morgan fingerprint density at radius 2 is 0.647 bits per heavy atom. The van der Waals surface area contributed by atoms with Crippen LogP contribution in [0.4, 0.5) is 0 Å². The Hall–Kier alpha value is -2.11. The van der Waals surface area contributed by atoms with Gasteiger partial charge in [-0.2, -0.15) is 0 Å². The second-order valence-electron chi connectivity index (χ2n) is 14.6. The third-order valence-corrected chi connectivity index (χ3v) is 9.43. The Kier molecular flexibility index (Phi) is 39.0. The average Bonchev–Trinajstić information content (AvgIpc) is 3.12. The lowest BCUT2D eigenvalue weighted by atomic mass is 10.1. The fourth-order valence-electron chi connectivity index (χ4n) is 6.08. The smallest absolute Gasteiger partial charge is 0.306 e. The van der Waals surface area contributed by atoms with Crippen LogP contribution in [-0.2, 0) is 28.6 Å². The van der Waals surface area contributed by atoms with Crippen LogP contribution in [0.15, 0.2) is 24.3 Å². The zero-order valence-electron chi connectivity index (χ0n) is 33.9. The molecule has 0 fully saturated rings. The summed E-state index contributed by atoms with van der Waals surface area (Å²) in [6.07, 6.45) is 43.3. The minimum absolute atomic E-state index is 0.0770.